The second-order valence-corrected chi connectivity index (χ2v) is 21.4. The molecule has 13 rings (SSSR count). The quantitative estimate of drug-likeness (QED) is 0.100. The lowest BCUT2D eigenvalue weighted by molar-refractivity contribution is 0.195. The zero-order valence-electron chi connectivity index (χ0n) is 38.5. The second-order valence-electron chi connectivity index (χ2n) is 20.3. The lowest BCUT2D eigenvalue weighted by Gasteiger charge is -2.51. The molecule has 0 N–H and O–H groups in total. The largest absolute Gasteiger partial charge is 0.376 e. The number of aryl methyl sites for hydroxylation is 2. The number of hydrogen-bond acceptors (Lipinski definition) is 3. The standard InChI is InChI=1S/C60H58BN3S/c1-5-7-9-19-39-27-30-41(31-28-39)64-52-36-45-42-21-12-16-26-54(42)65-55(45)38-44(52)46-37-53(63-50-25-15-13-23-47(50)59(3)33-17-18-34-60(59,63)4)56-43-22-11-14-24-49(43)62-51-32-29-40(20-10-8-6-2)35-48(51)61(64)57(46)58(56)62/h11-16,21-32,35-38H,5-10,17-20,33-34H2,1-4H3. The Labute approximate surface area is 388 Å². The molecule has 3 nitrogen and oxygen atoms in total. The van der Waals surface area contributed by atoms with Crippen molar-refractivity contribution in [2.75, 3.05) is 9.71 Å². The highest BCUT2D eigenvalue weighted by Gasteiger charge is 2.58. The molecule has 2 atom stereocenters. The van der Waals surface area contributed by atoms with E-state index in [0.717, 1.165) is 12.8 Å². The molecule has 2 aromatic heterocycles. The van der Waals surface area contributed by atoms with E-state index in [1.54, 1.807) is 0 Å². The number of unbranched alkanes of at least 4 members (excludes halogenated alkanes) is 4. The summed E-state index contributed by atoms with van der Waals surface area (Å²) in [4.78, 5) is 5.62. The number of rotatable bonds is 10. The van der Waals surface area contributed by atoms with Crippen LogP contribution in [0.5, 0.6) is 0 Å². The molecule has 0 bridgehead atoms. The number of para-hydroxylation sites is 2. The average Bonchev–Trinajstić information content (AvgIpc) is 3.95. The Balaban J connectivity index is 1.17. The minimum Gasteiger partial charge on any atom is -0.376 e. The Bertz CT molecular complexity index is 3380. The maximum atomic E-state index is 2.86. The fourth-order valence-corrected chi connectivity index (χ4v) is 14.5. The molecular weight excluding hydrogens is 806 g/mol. The van der Waals surface area contributed by atoms with Gasteiger partial charge in [0.15, 0.2) is 0 Å². The third-order valence-electron chi connectivity index (χ3n) is 16.8. The number of benzene rings is 7. The minimum atomic E-state index is -0.0774. The lowest BCUT2D eigenvalue weighted by atomic mass is 9.43. The molecule has 1 saturated carbocycles. The predicted octanol–water partition coefficient (Wildman–Crippen LogP) is 15.6. The topological polar surface area (TPSA) is 11.4 Å². The summed E-state index contributed by atoms with van der Waals surface area (Å²) in [6, 6.07) is 52.9. The van der Waals surface area contributed by atoms with Crippen LogP contribution in [0.2, 0.25) is 0 Å². The predicted molar refractivity (Wildman–Crippen MR) is 282 cm³/mol. The molecule has 4 aliphatic rings. The molecule has 0 spiro atoms. The monoisotopic (exact) mass is 863 g/mol. The molecule has 2 unspecified atom stereocenters. The second kappa shape index (κ2) is 14.9. The SMILES string of the molecule is CCCCCc1ccc(N2B3c4cc(CCCCC)ccc4-n4c5ccccc5c5c(N6c7ccccc7C7(C)CCCCC67C)cc(c3c54)-c3cc4sc5ccccc5c4cc32)cc1. The minimum absolute atomic E-state index is 0.0123. The van der Waals surface area contributed by atoms with Gasteiger partial charge in [0.2, 0.25) is 0 Å². The maximum Gasteiger partial charge on any atom is 0.333 e. The van der Waals surface area contributed by atoms with Crippen molar-refractivity contribution in [1.82, 2.24) is 4.57 Å². The van der Waals surface area contributed by atoms with Gasteiger partial charge >= 0.3 is 6.85 Å². The molecule has 9 aromatic rings. The van der Waals surface area contributed by atoms with Gasteiger partial charge in [-0.05, 0) is 133 Å². The summed E-state index contributed by atoms with van der Waals surface area (Å²) < 4.78 is 5.40. The first kappa shape index (κ1) is 39.6. The molecule has 5 heteroatoms. The van der Waals surface area contributed by atoms with Gasteiger partial charge in [0, 0.05) is 64.7 Å². The van der Waals surface area contributed by atoms with Crippen molar-refractivity contribution in [2.24, 2.45) is 0 Å². The molecule has 0 amide bonds. The third-order valence-corrected chi connectivity index (χ3v) is 17.9. The summed E-state index contributed by atoms with van der Waals surface area (Å²) in [7, 11) is 0. The van der Waals surface area contributed by atoms with Crippen LogP contribution in [-0.4, -0.2) is 17.0 Å². The van der Waals surface area contributed by atoms with E-state index in [4.69, 9.17) is 0 Å². The molecular formula is C60H58BN3S. The van der Waals surface area contributed by atoms with Crippen LogP contribution >= 0.6 is 11.3 Å². The first-order valence-electron chi connectivity index (χ1n) is 24.9. The molecule has 7 aromatic carbocycles. The highest BCUT2D eigenvalue weighted by Crippen LogP contribution is 2.62. The van der Waals surface area contributed by atoms with Crippen molar-refractivity contribution in [3.05, 3.63) is 150 Å². The Kier molecular flexibility index (Phi) is 9.06. The van der Waals surface area contributed by atoms with E-state index in [1.165, 1.54) is 173 Å². The van der Waals surface area contributed by atoms with Crippen LogP contribution < -0.4 is 20.6 Å². The Hall–Kier alpha value is -5.78. The Morgan fingerprint density at radius 3 is 2.14 bits per heavy atom. The van der Waals surface area contributed by atoms with E-state index >= 15 is 0 Å². The van der Waals surface area contributed by atoms with Gasteiger partial charge in [-0.15, -0.1) is 11.3 Å². The van der Waals surface area contributed by atoms with E-state index in [2.05, 4.69) is 175 Å². The van der Waals surface area contributed by atoms with Gasteiger partial charge < -0.3 is 14.3 Å². The Morgan fingerprint density at radius 1 is 0.585 bits per heavy atom. The van der Waals surface area contributed by atoms with Crippen LogP contribution in [0.25, 0.3) is 58.8 Å². The molecule has 1 aliphatic carbocycles. The number of aromatic nitrogens is 1. The molecule has 1 fully saturated rings. The summed E-state index contributed by atoms with van der Waals surface area (Å²) in [5.74, 6) is 0. The number of nitrogens with zero attached hydrogens (tertiary/aromatic N) is 3. The van der Waals surface area contributed by atoms with Crippen molar-refractivity contribution in [3.63, 3.8) is 0 Å². The number of fused-ring (bicyclic) bond motifs is 14. The van der Waals surface area contributed by atoms with E-state index in [9.17, 15) is 0 Å². The molecule has 3 aliphatic heterocycles. The van der Waals surface area contributed by atoms with Crippen molar-refractivity contribution in [2.45, 2.75) is 116 Å². The normalized spacial score (nSPS) is 19.4. The van der Waals surface area contributed by atoms with E-state index in [1.807, 2.05) is 11.3 Å². The molecule has 5 heterocycles. The van der Waals surface area contributed by atoms with Crippen molar-refractivity contribution < 1.29 is 0 Å². The highest BCUT2D eigenvalue weighted by molar-refractivity contribution is 7.25. The van der Waals surface area contributed by atoms with E-state index < -0.39 is 0 Å². The van der Waals surface area contributed by atoms with E-state index in [-0.39, 0.29) is 17.8 Å². The average molecular weight is 864 g/mol. The summed E-state index contributed by atoms with van der Waals surface area (Å²) in [5, 5.41) is 5.44. The zero-order chi connectivity index (χ0) is 43.6. The summed E-state index contributed by atoms with van der Waals surface area (Å²) >= 11 is 1.94. The fraction of sp³-hybridized carbons (Fsp3) is 0.300. The first-order chi connectivity index (χ1) is 31.9. The molecule has 65 heavy (non-hydrogen) atoms. The first-order valence-corrected chi connectivity index (χ1v) is 25.7. The molecule has 0 radical (unpaired) electrons. The number of thiophene rings is 1. The summed E-state index contributed by atoms with van der Waals surface area (Å²) in [6.07, 6.45) is 14.6. The van der Waals surface area contributed by atoms with Gasteiger partial charge in [-0.2, -0.15) is 0 Å². The van der Waals surface area contributed by atoms with Gasteiger partial charge in [0.25, 0.3) is 0 Å². The fourth-order valence-electron chi connectivity index (χ4n) is 13.4. The maximum absolute atomic E-state index is 2.86. The molecule has 322 valence electrons. The van der Waals surface area contributed by atoms with Crippen LogP contribution in [0.1, 0.15) is 109 Å². The van der Waals surface area contributed by atoms with Crippen LogP contribution in [0.4, 0.5) is 22.7 Å². The number of hydrogen-bond donors (Lipinski definition) is 0. The smallest absolute Gasteiger partial charge is 0.333 e. The summed E-state index contributed by atoms with van der Waals surface area (Å²) in [5.41, 5.74) is 19.3. The zero-order valence-corrected chi connectivity index (χ0v) is 39.3. The van der Waals surface area contributed by atoms with Crippen molar-refractivity contribution in [1.29, 1.82) is 0 Å². The molecule has 0 saturated heterocycles. The van der Waals surface area contributed by atoms with Crippen molar-refractivity contribution >= 4 is 93.8 Å². The lowest BCUT2D eigenvalue weighted by Crippen LogP contribution is -2.61. The van der Waals surface area contributed by atoms with Crippen molar-refractivity contribution in [3.8, 4) is 16.8 Å². The van der Waals surface area contributed by atoms with Crippen LogP contribution in [0.3, 0.4) is 0 Å². The van der Waals surface area contributed by atoms with Gasteiger partial charge in [-0.25, -0.2) is 0 Å². The van der Waals surface area contributed by atoms with Gasteiger partial charge in [0.05, 0.1) is 22.3 Å². The highest BCUT2D eigenvalue weighted by atomic mass is 32.1. The van der Waals surface area contributed by atoms with Crippen LogP contribution in [0, 0.1) is 0 Å². The van der Waals surface area contributed by atoms with Crippen LogP contribution in [-0.2, 0) is 18.3 Å². The number of anilines is 4. The van der Waals surface area contributed by atoms with E-state index in [0.29, 0.717) is 0 Å². The van der Waals surface area contributed by atoms with Gasteiger partial charge in [0.1, 0.15) is 0 Å². The summed E-state index contributed by atoms with van der Waals surface area (Å²) in [6.45, 7) is 9.79. The Morgan fingerprint density at radius 2 is 1.31 bits per heavy atom. The third kappa shape index (κ3) is 5.54. The van der Waals surface area contributed by atoms with Gasteiger partial charge in [-0.1, -0.05) is 138 Å². The van der Waals surface area contributed by atoms with Gasteiger partial charge in [-0.3, -0.25) is 0 Å². The van der Waals surface area contributed by atoms with Crippen LogP contribution in [0.15, 0.2) is 133 Å².